The minimum absolute atomic E-state index is 0.727. The van der Waals surface area contributed by atoms with Gasteiger partial charge in [0.15, 0.2) is 0 Å². The van der Waals surface area contributed by atoms with Gasteiger partial charge in [0.2, 0.25) is 0 Å². The van der Waals surface area contributed by atoms with Gasteiger partial charge in [0.1, 0.15) is 12.4 Å². The van der Waals surface area contributed by atoms with Crippen LogP contribution in [-0.4, -0.2) is 20.2 Å². The van der Waals surface area contributed by atoms with Crippen LogP contribution in [0.2, 0.25) is 0 Å². The van der Waals surface area contributed by atoms with Gasteiger partial charge in [-0.05, 0) is 37.6 Å². The SMILES string of the molecule is CCCCc1ccc(OCCNC)cc1. The Morgan fingerprint density at radius 1 is 1.20 bits per heavy atom. The zero-order valence-corrected chi connectivity index (χ0v) is 9.75. The van der Waals surface area contributed by atoms with Gasteiger partial charge < -0.3 is 10.1 Å². The van der Waals surface area contributed by atoms with Crippen LogP contribution in [-0.2, 0) is 6.42 Å². The first-order chi connectivity index (χ1) is 7.36. The molecule has 1 rings (SSSR count). The second kappa shape index (κ2) is 7.30. The van der Waals surface area contributed by atoms with Gasteiger partial charge in [-0.3, -0.25) is 0 Å². The minimum Gasteiger partial charge on any atom is -0.492 e. The smallest absolute Gasteiger partial charge is 0.119 e. The Morgan fingerprint density at radius 3 is 2.53 bits per heavy atom. The molecule has 0 saturated heterocycles. The van der Waals surface area contributed by atoms with Crippen LogP contribution in [0, 0.1) is 0 Å². The topological polar surface area (TPSA) is 21.3 Å². The normalized spacial score (nSPS) is 10.3. The van der Waals surface area contributed by atoms with E-state index in [1.807, 2.05) is 7.05 Å². The molecule has 0 aromatic heterocycles. The van der Waals surface area contributed by atoms with Gasteiger partial charge in [0, 0.05) is 6.54 Å². The maximum atomic E-state index is 5.54. The summed E-state index contributed by atoms with van der Waals surface area (Å²) in [6, 6.07) is 8.43. The molecule has 2 heteroatoms. The molecule has 0 heterocycles. The number of likely N-dealkylation sites (N-methyl/N-ethyl adjacent to an activating group) is 1. The fraction of sp³-hybridized carbons (Fsp3) is 0.538. The van der Waals surface area contributed by atoms with E-state index in [1.165, 1.54) is 24.8 Å². The van der Waals surface area contributed by atoms with Gasteiger partial charge in [-0.2, -0.15) is 0 Å². The highest BCUT2D eigenvalue weighted by Crippen LogP contribution is 2.13. The van der Waals surface area contributed by atoms with Crippen molar-refractivity contribution < 1.29 is 4.74 Å². The maximum absolute atomic E-state index is 5.54. The van der Waals surface area contributed by atoms with E-state index < -0.39 is 0 Å². The van der Waals surface area contributed by atoms with Crippen molar-refractivity contribution in [1.29, 1.82) is 0 Å². The predicted molar refractivity (Wildman–Crippen MR) is 64.5 cm³/mol. The average molecular weight is 207 g/mol. The van der Waals surface area contributed by atoms with E-state index in [9.17, 15) is 0 Å². The Labute approximate surface area is 92.6 Å². The molecule has 0 fully saturated rings. The van der Waals surface area contributed by atoms with Crippen LogP contribution < -0.4 is 10.1 Å². The Bertz CT molecular complexity index is 256. The second-order valence-electron chi connectivity index (χ2n) is 3.70. The molecular formula is C13H21NO. The summed E-state index contributed by atoms with van der Waals surface area (Å²) in [5, 5.41) is 3.05. The number of rotatable bonds is 7. The van der Waals surface area contributed by atoms with Crippen molar-refractivity contribution in [1.82, 2.24) is 5.32 Å². The summed E-state index contributed by atoms with van der Waals surface area (Å²) in [7, 11) is 1.93. The zero-order chi connectivity index (χ0) is 10.9. The fourth-order valence-electron chi connectivity index (χ4n) is 1.40. The zero-order valence-electron chi connectivity index (χ0n) is 9.75. The van der Waals surface area contributed by atoms with Crippen molar-refractivity contribution in [3.05, 3.63) is 29.8 Å². The Kier molecular flexibility index (Phi) is 5.86. The Balaban J connectivity index is 2.35. The van der Waals surface area contributed by atoms with Crippen molar-refractivity contribution in [2.24, 2.45) is 0 Å². The van der Waals surface area contributed by atoms with E-state index in [-0.39, 0.29) is 0 Å². The van der Waals surface area contributed by atoms with Crippen LogP contribution in [0.25, 0.3) is 0 Å². The van der Waals surface area contributed by atoms with E-state index >= 15 is 0 Å². The molecule has 0 atom stereocenters. The van der Waals surface area contributed by atoms with Crippen LogP contribution in [0.1, 0.15) is 25.3 Å². The molecule has 0 unspecified atom stereocenters. The quantitative estimate of drug-likeness (QED) is 0.694. The van der Waals surface area contributed by atoms with Crippen LogP contribution in [0.15, 0.2) is 24.3 Å². The van der Waals surface area contributed by atoms with E-state index in [4.69, 9.17) is 4.74 Å². The third-order valence-electron chi connectivity index (χ3n) is 2.36. The third kappa shape index (κ3) is 4.84. The Morgan fingerprint density at radius 2 is 1.93 bits per heavy atom. The molecular weight excluding hydrogens is 186 g/mol. The number of benzene rings is 1. The van der Waals surface area contributed by atoms with Crippen LogP contribution >= 0.6 is 0 Å². The molecule has 0 saturated carbocycles. The van der Waals surface area contributed by atoms with Crippen molar-refractivity contribution in [3.63, 3.8) is 0 Å². The first-order valence-corrected chi connectivity index (χ1v) is 5.73. The standard InChI is InChI=1S/C13H21NO/c1-3-4-5-12-6-8-13(9-7-12)15-11-10-14-2/h6-9,14H,3-5,10-11H2,1-2H3. The fourth-order valence-corrected chi connectivity index (χ4v) is 1.40. The van der Waals surface area contributed by atoms with E-state index in [0.29, 0.717) is 0 Å². The molecule has 0 aliphatic rings. The summed E-state index contributed by atoms with van der Waals surface area (Å²) in [6.45, 7) is 3.83. The van der Waals surface area contributed by atoms with Gasteiger partial charge in [-0.25, -0.2) is 0 Å². The van der Waals surface area contributed by atoms with Gasteiger partial charge >= 0.3 is 0 Å². The number of hydrogen-bond donors (Lipinski definition) is 1. The predicted octanol–water partition coefficient (Wildman–Crippen LogP) is 2.63. The summed E-state index contributed by atoms with van der Waals surface area (Å²) in [6.07, 6.45) is 3.69. The lowest BCUT2D eigenvalue weighted by Gasteiger charge is -2.06. The lowest BCUT2D eigenvalue weighted by Crippen LogP contribution is -2.15. The van der Waals surface area contributed by atoms with Crippen LogP contribution in [0.4, 0.5) is 0 Å². The van der Waals surface area contributed by atoms with Crippen LogP contribution in [0.3, 0.4) is 0 Å². The highest BCUT2D eigenvalue weighted by Gasteiger charge is 1.95. The molecule has 15 heavy (non-hydrogen) atoms. The Hall–Kier alpha value is -1.02. The third-order valence-corrected chi connectivity index (χ3v) is 2.36. The lowest BCUT2D eigenvalue weighted by molar-refractivity contribution is 0.318. The summed E-state index contributed by atoms with van der Waals surface area (Å²) in [5.74, 6) is 0.963. The van der Waals surface area contributed by atoms with Gasteiger partial charge in [0.25, 0.3) is 0 Å². The highest BCUT2D eigenvalue weighted by atomic mass is 16.5. The number of aryl methyl sites for hydroxylation is 1. The van der Waals surface area contributed by atoms with Crippen molar-refractivity contribution in [2.45, 2.75) is 26.2 Å². The summed E-state index contributed by atoms with van der Waals surface area (Å²) < 4.78 is 5.54. The number of hydrogen-bond acceptors (Lipinski definition) is 2. The van der Waals surface area contributed by atoms with E-state index in [2.05, 4.69) is 36.5 Å². The molecule has 1 aromatic rings. The molecule has 2 nitrogen and oxygen atoms in total. The maximum Gasteiger partial charge on any atom is 0.119 e. The molecule has 1 N–H and O–H groups in total. The molecule has 0 aliphatic heterocycles. The summed E-state index contributed by atoms with van der Waals surface area (Å²) in [4.78, 5) is 0. The molecule has 1 aromatic carbocycles. The molecule has 0 spiro atoms. The van der Waals surface area contributed by atoms with Gasteiger partial charge in [-0.15, -0.1) is 0 Å². The monoisotopic (exact) mass is 207 g/mol. The van der Waals surface area contributed by atoms with Crippen LogP contribution in [0.5, 0.6) is 5.75 Å². The highest BCUT2D eigenvalue weighted by molar-refractivity contribution is 5.27. The minimum atomic E-state index is 0.727. The van der Waals surface area contributed by atoms with Crippen molar-refractivity contribution >= 4 is 0 Å². The second-order valence-corrected chi connectivity index (χ2v) is 3.70. The molecule has 84 valence electrons. The molecule has 0 aliphatic carbocycles. The van der Waals surface area contributed by atoms with Crippen molar-refractivity contribution in [2.75, 3.05) is 20.2 Å². The first-order valence-electron chi connectivity index (χ1n) is 5.73. The number of nitrogens with one attached hydrogen (secondary N) is 1. The van der Waals surface area contributed by atoms with E-state index in [1.54, 1.807) is 0 Å². The number of unbranched alkanes of at least 4 members (excludes halogenated alkanes) is 1. The molecule has 0 amide bonds. The molecule has 0 bridgehead atoms. The van der Waals surface area contributed by atoms with Gasteiger partial charge in [0.05, 0.1) is 0 Å². The molecule has 0 radical (unpaired) electrons. The summed E-state index contributed by atoms with van der Waals surface area (Å²) >= 11 is 0. The largest absolute Gasteiger partial charge is 0.492 e. The average Bonchev–Trinajstić information content (AvgIpc) is 2.28. The van der Waals surface area contributed by atoms with Gasteiger partial charge in [-0.1, -0.05) is 25.5 Å². The van der Waals surface area contributed by atoms with Crippen molar-refractivity contribution in [3.8, 4) is 5.75 Å². The van der Waals surface area contributed by atoms with E-state index in [0.717, 1.165) is 18.9 Å². The summed E-state index contributed by atoms with van der Waals surface area (Å²) in [5.41, 5.74) is 1.40. The number of ether oxygens (including phenoxy) is 1. The first kappa shape index (κ1) is 12.1. The lowest BCUT2D eigenvalue weighted by atomic mass is 10.1.